The van der Waals surface area contributed by atoms with Gasteiger partial charge in [0.25, 0.3) is 0 Å². The van der Waals surface area contributed by atoms with E-state index in [1.54, 1.807) is 6.92 Å². The third-order valence-corrected chi connectivity index (χ3v) is 3.90. The predicted molar refractivity (Wildman–Crippen MR) is 92.3 cm³/mol. The monoisotopic (exact) mass is 343 g/mol. The summed E-state index contributed by atoms with van der Waals surface area (Å²) in [4.78, 5) is 12.1. The van der Waals surface area contributed by atoms with Crippen LogP contribution in [0.25, 0.3) is 0 Å². The third-order valence-electron chi connectivity index (χ3n) is 3.90. The number of esters is 1. The average molecular weight is 343 g/mol. The van der Waals surface area contributed by atoms with E-state index in [4.69, 9.17) is 19.9 Å². The Balaban J connectivity index is 2.58. The number of nitrogens with two attached hydrogens (primary N) is 1. The third kappa shape index (κ3) is 8.24. The van der Waals surface area contributed by atoms with Gasteiger partial charge in [-0.2, -0.15) is 0 Å². The molecule has 0 saturated carbocycles. The highest BCUT2D eigenvalue weighted by Gasteiger charge is 2.20. The number of rotatable bonds is 10. The first kappa shape index (κ1) is 21.1. The van der Waals surface area contributed by atoms with Crippen molar-refractivity contribution in [1.29, 1.82) is 0 Å². The lowest BCUT2D eigenvalue weighted by atomic mass is 9.98. The van der Waals surface area contributed by atoms with Gasteiger partial charge in [-0.3, -0.25) is 0 Å². The molecule has 24 heavy (non-hydrogen) atoms. The van der Waals surface area contributed by atoms with Gasteiger partial charge in [-0.15, -0.1) is 0 Å². The van der Waals surface area contributed by atoms with Gasteiger partial charge in [0.1, 0.15) is 0 Å². The minimum absolute atomic E-state index is 0.199. The Kier molecular flexibility index (Phi) is 10.2. The van der Waals surface area contributed by atoms with E-state index in [9.17, 15) is 9.90 Å². The summed E-state index contributed by atoms with van der Waals surface area (Å²) in [7, 11) is 0. The van der Waals surface area contributed by atoms with Crippen LogP contribution >= 0.6 is 0 Å². The van der Waals surface area contributed by atoms with Crippen LogP contribution in [0.4, 0.5) is 0 Å². The lowest BCUT2D eigenvalue weighted by molar-refractivity contribution is -0.162. The fourth-order valence-electron chi connectivity index (χ4n) is 2.63. The van der Waals surface area contributed by atoms with E-state index >= 15 is 0 Å². The second-order valence-corrected chi connectivity index (χ2v) is 6.61. The number of hydrogen-bond acceptors (Lipinski definition) is 6. The molecule has 0 aliphatic carbocycles. The van der Waals surface area contributed by atoms with E-state index in [1.165, 1.54) is 6.08 Å². The molecule has 0 radical (unpaired) electrons. The van der Waals surface area contributed by atoms with Crippen LogP contribution in [0.3, 0.4) is 0 Å². The molecule has 3 N–H and O–H groups in total. The van der Waals surface area contributed by atoms with Gasteiger partial charge >= 0.3 is 5.97 Å². The molecule has 6 heteroatoms. The molecule has 1 heterocycles. The molecule has 1 rings (SSSR count). The van der Waals surface area contributed by atoms with E-state index < -0.39 is 18.1 Å². The van der Waals surface area contributed by atoms with Crippen LogP contribution in [0.2, 0.25) is 0 Å². The SMILES string of the molecule is CCOC(=O)C(=C[C@H](O)[C@@H](N)CC(C)C)CCOC1CCCCO1. The van der Waals surface area contributed by atoms with E-state index in [0.29, 0.717) is 37.5 Å². The summed E-state index contributed by atoms with van der Waals surface area (Å²) in [6.45, 7) is 7.19. The maximum atomic E-state index is 12.1. The molecule has 6 nitrogen and oxygen atoms in total. The summed E-state index contributed by atoms with van der Waals surface area (Å²) in [5, 5.41) is 10.2. The number of aliphatic hydroxyl groups is 1. The van der Waals surface area contributed by atoms with Crippen LogP contribution in [0.1, 0.15) is 52.9 Å². The Morgan fingerprint density at radius 2 is 2.17 bits per heavy atom. The molecule has 0 aromatic carbocycles. The van der Waals surface area contributed by atoms with Gasteiger partial charge < -0.3 is 25.1 Å². The van der Waals surface area contributed by atoms with Gasteiger partial charge in [-0.05, 0) is 44.6 Å². The Morgan fingerprint density at radius 3 is 2.75 bits per heavy atom. The van der Waals surface area contributed by atoms with Crippen LogP contribution in [0.5, 0.6) is 0 Å². The molecule has 3 atom stereocenters. The normalized spacial score (nSPS) is 21.6. The maximum Gasteiger partial charge on any atom is 0.333 e. The molecule has 140 valence electrons. The first-order chi connectivity index (χ1) is 11.4. The fourth-order valence-corrected chi connectivity index (χ4v) is 2.63. The standard InChI is InChI=1S/C18H33NO5/c1-4-22-18(21)14(12-16(20)15(19)11-13(2)3)8-10-24-17-7-5-6-9-23-17/h12-13,15-17,20H,4-11,19H2,1-3H3/t15-,16-,17?/m0/s1. The molecule has 1 unspecified atom stereocenters. The zero-order chi connectivity index (χ0) is 17.9. The summed E-state index contributed by atoms with van der Waals surface area (Å²) in [5.41, 5.74) is 6.39. The summed E-state index contributed by atoms with van der Waals surface area (Å²) in [5.74, 6) is -0.0534. The van der Waals surface area contributed by atoms with Crippen molar-refractivity contribution in [3.05, 3.63) is 11.6 Å². The van der Waals surface area contributed by atoms with Crippen molar-refractivity contribution in [2.24, 2.45) is 11.7 Å². The summed E-state index contributed by atoms with van der Waals surface area (Å²) >= 11 is 0. The first-order valence-electron chi connectivity index (χ1n) is 8.98. The molecule has 1 saturated heterocycles. The lowest BCUT2D eigenvalue weighted by Gasteiger charge is -2.23. The molecule has 0 bridgehead atoms. The second kappa shape index (κ2) is 11.6. The smallest absolute Gasteiger partial charge is 0.333 e. The van der Waals surface area contributed by atoms with Crippen molar-refractivity contribution in [3.63, 3.8) is 0 Å². The van der Waals surface area contributed by atoms with Gasteiger partial charge in [0.15, 0.2) is 6.29 Å². The predicted octanol–water partition coefficient (Wildman–Crippen LogP) is 2.14. The van der Waals surface area contributed by atoms with Crippen molar-refractivity contribution in [1.82, 2.24) is 0 Å². The number of carbonyl (C=O) groups is 1. The summed E-state index contributed by atoms with van der Waals surface area (Å²) in [6.07, 6.45) is 4.51. The van der Waals surface area contributed by atoms with Crippen LogP contribution in [-0.4, -0.2) is 49.3 Å². The first-order valence-corrected chi connectivity index (χ1v) is 8.98. The van der Waals surface area contributed by atoms with Crippen molar-refractivity contribution >= 4 is 5.97 Å². The molecule has 1 aliphatic rings. The molecule has 0 aromatic heterocycles. The molecule has 0 spiro atoms. The van der Waals surface area contributed by atoms with Crippen LogP contribution in [0, 0.1) is 5.92 Å². The molecule has 1 fully saturated rings. The molecule has 0 aromatic rings. The highest BCUT2D eigenvalue weighted by atomic mass is 16.7. The zero-order valence-electron chi connectivity index (χ0n) is 15.2. The Bertz CT molecular complexity index is 391. The minimum atomic E-state index is -0.877. The van der Waals surface area contributed by atoms with Gasteiger partial charge in [0.2, 0.25) is 0 Å². The van der Waals surface area contributed by atoms with Crippen molar-refractivity contribution in [3.8, 4) is 0 Å². The Morgan fingerprint density at radius 1 is 1.42 bits per heavy atom. The maximum absolute atomic E-state index is 12.1. The second-order valence-electron chi connectivity index (χ2n) is 6.61. The van der Waals surface area contributed by atoms with Crippen molar-refractivity contribution < 1.29 is 24.1 Å². The number of ether oxygens (including phenoxy) is 3. The highest BCUT2D eigenvalue weighted by molar-refractivity contribution is 5.88. The Labute approximate surface area is 145 Å². The van der Waals surface area contributed by atoms with Crippen molar-refractivity contribution in [2.75, 3.05) is 19.8 Å². The number of carbonyl (C=O) groups excluding carboxylic acids is 1. The van der Waals surface area contributed by atoms with Crippen LogP contribution in [0.15, 0.2) is 11.6 Å². The minimum Gasteiger partial charge on any atom is -0.463 e. The highest BCUT2D eigenvalue weighted by Crippen LogP contribution is 2.16. The number of hydrogen-bond donors (Lipinski definition) is 2. The molecular weight excluding hydrogens is 310 g/mol. The average Bonchev–Trinajstić information content (AvgIpc) is 2.54. The zero-order valence-corrected chi connectivity index (χ0v) is 15.2. The van der Waals surface area contributed by atoms with E-state index in [0.717, 1.165) is 19.3 Å². The van der Waals surface area contributed by atoms with Crippen molar-refractivity contribution in [2.45, 2.75) is 71.3 Å². The Hall–Kier alpha value is -0.950. The van der Waals surface area contributed by atoms with E-state index in [-0.39, 0.29) is 12.9 Å². The lowest BCUT2D eigenvalue weighted by Crippen LogP contribution is -2.35. The molecule has 1 aliphatic heterocycles. The van der Waals surface area contributed by atoms with Crippen LogP contribution < -0.4 is 5.73 Å². The fraction of sp³-hybridized carbons (Fsp3) is 0.833. The quantitative estimate of drug-likeness (QED) is 0.466. The molecular formula is C18H33NO5. The van der Waals surface area contributed by atoms with E-state index in [1.807, 2.05) is 13.8 Å². The molecule has 0 amide bonds. The topological polar surface area (TPSA) is 91.0 Å². The van der Waals surface area contributed by atoms with Crippen LogP contribution in [-0.2, 0) is 19.0 Å². The number of aliphatic hydroxyl groups excluding tert-OH is 1. The van der Waals surface area contributed by atoms with Gasteiger partial charge in [0.05, 0.1) is 19.3 Å². The van der Waals surface area contributed by atoms with E-state index in [2.05, 4.69) is 0 Å². The summed E-state index contributed by atoms with van der Waals surface area (Å²) < 4.78 is 16.2. The van der Waals surface area contributed by atoms with Gasteiger partial charge in [-0.1, -0.05) is 13.8 Å². The largest absolute Gasteiger partial charge is 0.463 e. The summed E-state index contributed by atoms with van der Waals surface area (Å²) in [6, 6.07) is -0.406. The van der Waals surface area contributed by atoms with Gasteiger partial charge in [0, 0.05) is 24.6 Å². The van der Waals surface area contributed by atoms with Gasteiger partial charge in [-0.25, -0.2) is 4.79 Å².